The zero-order valence-corrected chi connectivity index (χ0v) is 14.9. The van der Waals surface area contributed by atoms with Gasteiger partial charge in [0.05, 0.1) is 18.3 Å². The molecule has 7 heteroatoms. The van der Waals surface area contributed by atoms with Crippen molar-refractivity contribution in [2.75, 3.05) is 18.1 Å². The van der Waals surface area contributed by atoms with Crippen LogP contribution in [0, 0.1) is 0 Å². The molecule has 6 nitrogen and oxygen atoms in total. The number of hydrogen-bond donors (Lipinski definition) is 2. The summed E-state index contributed by atoms with van der Waals surface area (Å²) in [5.74, 6) is 0.127. The number of carbonyl (C=O) groups is 2. The van der Waals surface area contributed by atoms with Gasteiger partial charge in [-0.1, -0.05) is 18.5 Å². The summed E-state index contributed by atoms with van der Waals surface area (Å²) in [6.07, 6.45) is 0.772. The van der Waals surface area contributed by atoms with E-state index in [-0.39, 0.29) is 37.4 Å². The summed E-state index contributed by atoms with van der Waals surface area (Å²) in [7, 11) is 0. The molecule has 1 aromatic carbocycles. The van der Waals surface area contributed by atoms with Crippen molar-refractivity contribution in [2.24, 2.45) is 0 Å². The second-order valence-corrected chi connectivity index (χ2v) is 6.72. The van der Waals surface area contributed by atoms with E-state index in [2.05, 4.69) is 5.32 Å². The van der Waals surface area contributed by atoms with Crippen LogP contribution in [0.25, 0.3) is 0 Å². The maximum atomic E-state index is 12.7. The maximum Gasteiger partial charge on any atom is 0.270 e. The Morgan fingerprint density at radius 1 is 1.46 bits per heavy atom. The predicted octanol–water partition coefficient (Wildman–Crippen LogP) is 2.12. The second kappa shape index (κ2) is 7.40. The van der Waals surface area contributed by atoms with Crippen LogP contribution in [0.2, 0.25) is 5.02 Å². The molecule has 0 aromatic heterocycles. The number of amides is 2. The average molecular weight is 355 g/mol. The highest BCUT2D eigenvalue weighted by molar-refractivity contribution is 6.31. The minimum atomic E-state index is -1.01. The van der Waals surface area contributed by atoms with Gasteiger partial charge >= 0.3 is 0 Å². The zero-order chi connectivity index (χ0) is 17.9. The molecule has 1 aromatic rings. The van der Waals surface area contributed by atoms with Gasteiger partial charge in [0.25, 0.3) is 5.91 Å². The molecular formula is C17H23ClN2O4. The Bertz CT molecular complexity index is 629. The van der Waals surface area contributed by atoms with Gasteiger partial charge in [0.2, 0.25) is 5.91 Å². The number of fused-ring (bicyclic) bond motifs is 1. The average Bonchev–Trinajstić information content (AvgIpc) is 2.53. The monoisotopic (exact) mass is 354 g/mol. The topological polar surface area (TPSA) is 78.9 Å². The lowest BCUT2D eigenvalue weighted by atomic mass is 10.0. The Morgan fingerprint density at radius 3 is 2.79 bits per heavy atom. The summed E-state index contributed by atoms with van der Waals surface area (Å²) in [6, 6.07) is 4.81. The molecule has 2 N–H and O–H groups in total. The van der Waals surface area contributed by atoms with Crippen LogP contribution in [0.5, 0.6) is 5.75 Å². The Morgan fingerprint density at radius 2 is 2.17 bits per heavy atom. The lowest BCUT2D eigenvalue weighted by molar-refractivity contribution is -0.132. The number of aliphatic hydroxyl groups excluding tert-OH is 1. The zero-order valence-electron chi connectivity index (χ0n) is 14.1. The molecule has 1 aliphatic heterocycles. The van der Waals surface area contributed by atoms with Gasteiger partial charge in [-0.15, -0.1) is 0 Å². The van der Waals surface area contributed by atoms with Crippen LogP contribution in [0.4, 0.5) is 5.69 Å². The maximum absolute atomic E-state index is 12.7. The number of ether oxygens (including phenoxy) is 1. The van der Waals surface area contributed by atoms with Crippen LogP contribution in [-0.2, 0) is 9.59 Å². The highest BCUT2D eigenvalue weighted by Crippen LogP contribution is 2.39. The first-order chi connectivity index (χ1) is 11.3. The number of hydrogen-bond acceptors (Lipinski definition) is 4. The summed E-state index contributed by atoms with van der Waals surface area (Å²) in [5.41, 5.74) is -0.442. The largest absolute Gasteiger partial charge is 0.476 e. The summed E-state index contributed by atoms with van der Waals surface area (Å²) in [6.45, 7) is 5.38. The van der Waals surface area contributed by atoms with Gasteiger partial charge in [0.15, 0.2) is 5.60 Å². The second-order valence-electron chi connectivity index (χ2n) is 6.29. The molecule has 1 atom stereocenters. The Balaban J connectivity index is 2.15. The number of nitrogens with zero attached hydrogens (tertiary/aromatic N) is 1. The lowest BCUT2D eigenvalue weighted by Crippen LogP contribution is -2.53. The smallest absolute Gasteiger partial charge is 0.270 e. The summed E-state index contributed by atoms with van der Waals surface area (Å²) < 4.78 is 5.74. The quantitative estimate of drug-likeness (QED) is 0.820. The van der Waals surface area contributed by atoms with Crippen LogP contribution in [-0.4, -0.2) is 41.7 Å². The standard InChI is InChI=1S/C17H23ClN2O4/c1-4-12(10-21)19-15(22)7-8-20-13-9-11(18)5-6-14(13)24-17(2,3)16(20)23/h5-6,9,12,21H,4,7-8,10H2,1-3H3,(H,19,22). The van der Waals surface area contributed by atoms with Crippen molar-refractivity contribution in [3.63, 3.8) is 0 Å². The Labute approximate surface area is 146 Å². The molecule has 1 unspecified atom stereocenters. The Kier molecular flexibility index (Phi) is 5.72. The number of rotatable bonds is 6. The van der Waals surface area contributed by atoms with Crippen molar-refractivity contribution in [2.45, 2.75) is 45.3 Å². The van der Waals surface area contributed by atoms with Gasteiger partial charge in [-0.05, 0) is 38.5 Å². The number of nitrogens with one attached hydrogen (secondary N) is 1. The molecule has 0 saturated heterocycles. The third kappa shape index (κ3) is 3.99. The van der Waals surface area contributed by atoms with E-state index in [0.29, 0.717) is 22.9 Å². The number of anilines is 1. The summed E-state index contributed by atoms with van der Waals surface area (Å²) >= 11 is 6.03. The van der Waals surface area contributed by atoms with E-state index in [0.717, 1.165) is 0 Å². The van der Waals surface area contributed by atoms with Crippen molar-refractivity contribution in [1.82, 2.24) is 5.32 Å². The first kappa shape index (κ1) is 18.5. The van der Waals surface area contributed by atoms with Crippen LogP contribution in [0.3, 0.4) is 0 Å². The molecule has 1 aliphatic rings. The molecule has 132 valence electrons. The lowest BCUT2D eigenvalue weighted by Gasteiger charge is -2.38. The molecule has 0 bridgehead atoms. The molecular weight excluding hydrogens is 332 g/mol. The van der Waals surface area contributed by atoms with Crippen LogP contribution in [0.15, 0.2) is 18.2 Å². The highest BCUT2D eigenvalue weighted by atomic mass is 35.5. The number of benzene rings is 1. The van der Waals surface area contributed by atoms with Crippen molar-refractivity contribution in [3.05, 3.63) is 23.2 Å². The van der Waals surface area contributed by atoms with E-state index in [4.69, 9.17) is 21.4 Å². The molecule has 0 radical (unpaired) electrons. The van der Waals surface area contributed by atoms with E-state index in [1.54, 1.807) is 32.0 Å². The first-order valence-electron chi connectivity index (χ1n) is 7.99. The van der Waals surface area contributed by atoms with Gasteiger partial charge in [-0.3, -0.25) is 9.59 Å². The first-order valence-corrected chi connectivity index (χ1v) is 8.37. The van der Waals surface area contributed by atoms with E-state index >= 15 is 0 Å². The van der Waals surface area contributed by atoms with Crippen molar-refractivity contribution >= 4 is 29.1 Å². The van der Waals surface area contributed by atoms with Gasteiger partial charge in [0, 0.05) is 18.0 Å². The van der Waals surface area contributed by atoms with E-state index in [1.807, 2.05) is 6.92 Å². The molecule has 1 heterocycles. The molecule has 0 spiro atoms. The van der Waals surface area contributed by atoms with Gasteiger partial charge in [-0.2, -0.15) is 0 Å². The fraction of sp³-hybridized carbons (Fsp3) is 0.529. The number of aliphatic hydroxyl groups is 1. The van der Waals surface area contributed by atoms with Gasteiger partial charge < -0.3 is 20.1 Å². The summed E-state index contributed by atoms with van der Waals surface area (Å²) in [5, 5.41) is 12.4. The van der Waals surface area contributed by atoms with Crippen molar-refractivity contribution in [3.8, 4) is 5.75 Å². The fourth-order valence-corrected chi connectivity index (χ4v) is 2.72. The fourth-order valence-electron chi connectivity index (χ4n) is 2.55. The minimum absolute atomic E-state index is 0.107. The van der Waals surface area contributed by atoms with E-state index in [9.17, 15) is 9.59 Å². The van der Waals surface area contributed by atoms with Crippen molar-refractivity contribution in [1.29, 1.82) is 0 Å². The van der Waals surface area contributed by atoms with E-state index < -0.39 is 5.60 Å². The third-order valence-electron chi connectivity index (χ3n) is 3.98. The third-order valence-corrected chi connectivity index (χ3v) is 4.21. The normalized spacial score (nSPS) is 17.0. The minimum Gasteiger partial charge on any atom is -0.476 e. The van der Waals surface area contributed by atoms with Crippen LogP contribution >= 0.6 is 11.6 Å². The molecule has 0 fully saturated rings. The Hall–Kier alpha value is -1.79. The molecule has 2 amide bonds. The van der Waals surface area contributed by atoms with Crippen LogP contribution < -0.4 is 15.0 Å². The predicted molar refractivity (Wildman–Crippen MR) is 92.4 cm³/mol. The molecule has 0 aliphatic carbocycles. The van der Waals surface area contributed by atoms with Gasteiger partial charge in [-0.25, -0.2) is 0 Å². The van der Waals surface area contributed by atoms with Gasteiger partial charge in [0.1, 0.15) is 5.75 Å². The molecule has 2 rings (SSSR count). The number of carbonyl (C=O) groups excluding carboxylic acids is 2. The number of halogens is 1. The SMILES string of the molecule is CCC(CO)NC(=O)CCN1C(=O)C(C)(C)Oc2ccc(Cl)cc21. The summed E-state index contributed by atoms with van der Waals surface area (Å²) in [4.78, 5) is 26.2. The highest BCUT2D eigenvalue weighted by Gasteiger charge is 2.40. The molecule has 24 heavy (non-hydrogen) atoms. The van der Waals surface area contributed by atoms with E-state index in [1.165, 1.54) is 4.90 Å². The molecule has 0 saturated carbocycles. The van der Waals surface area contributed by atoms with Crippen LogP contribution in [0.1, 0.15) is 33.6 Å². The van der Waals surface area contributed by atoms with Crippen molar-refractivity contribution < 1.29 is 19.4 Å².